The van der Waals surface area contributed by atoms with Gasteiger partial charge in [-0.25, -0.2) is 9.56 Å². The van der Waals surface area contributed by atoms with Crippen molar-refractivity contribution in [1.82, 2.24) is 0 Å². The maximum Gasteiger partial charge on any atom is 0.182 e. The molecular weight excluding hydrogens is 516 g/mol. The molecule has 0 amide bonds. The van der Waals surface area contributed by atoms with Gasteiger partial charge in [0.05, 0.1) is 0 Å². The predicted octanol–water partition coefficient (Wildman–Crippen LogP) is 6.19. The Kier molecular flexibility index (Phi) is 10.1. The Morgan fingerprint density at radius 3 is 1.64 bits per heavy atom. The van der Waals surface area contributed by atoms with E-state index in [0.29, 0.717) is 19.8 Å². The molecule has 0 saturated carbocycles. The van der Waals surface area contributed by atoms with Gasteiger partial charge in [-0.15, -0.1) is 0 Å². The third-order valence-electron chi connectivity index (χ3n) is 6.88. The molecule has 0 bridgehead atoms. The zero-order valence-corrected chi connectivity index (χ0v) is 23.7. The van der Waals surface area contributed by atoms with Gasteiger partial charge in [0.25, 0.3) is 0 Å². The Bertz CT molecular complexity index is 1590. The first-order valence-electron chi connectivity index (χ1n) is 14.2. The summed E-state index contributed by atoms with van der Waals surface area (Å²) in [7, 11) is 0. The SMILES string of the molecule is C=C/C(=C\C=[NH+]CCOc1ccc(-c2ccccc2)cc1)c1cc[n+](CCOc2ccc(-c3ccccc3)cc2)cc1. The number of nitrogens with zero attached hydrogens (tertiary/aromatic N) is 1. The van der Waals surface area contributed by atoms with E-state index in [9.17, 15) is 0 Å². The largest absolute Gasteiger partial charge is 0.487 e. The lowest BCUT2D eigenvalue weighted by Crippen LogP contribution is -2.70. The summed E-state index contributed by atoms with van der Waals surface area (Å²) < 4.78 is 14.0. The number of rotatable bonds is 13. The Labute approximate surface area is 248 Å². The summed E-state index contributed by atoms with van der Waals surface area (Å²) in [5.74, 6) is 1.74. The minimum atomic E-state index is 0.572. The van der Waals surface area contributed by atoms with Gasteiger partial charge in [-0.1, -0.05) is 97.6 Å². The average Bonchev–Trinajstić information content (AvgIpc) is 3.06. The molecule has 0 spiro atoms. The van der Waals surface area contributed by atoms with Crippen molar-refractivity contribution in [3.63, 3.8) is 0 Å². The standard InChI is InChI=1S/C38H35N2O2/c1-2-31(21-24-39-25-29-41-37-17-13-34(14-18-37)32-9-5-3-6-10-32)36-22-26-40(27-23-36)28-30-42-38-19-15-35(16-20-38)33-11-7-4-8-12-33/h2-24,26-27H,1,25,28-30H2/q+1/p+1/b31-21+,39-24?. The zero-order chi connectivity index (χ0) is 28.8. The first-order valence-corrected chi connectivity index (χ1v) is 14.2. The quantitative estimate of drug-likeness (QED) is 0.0819. The molecular formula is C38H36N2O2+2. The van der Waals surface area contributed by atoms with Gasteiger partial charge in [0.15, 0.2) is 31.7 Å². The minimum absolute atomic E-state index is 0.572. The number of hydrogen-bond donors (Lipinski definition) is 1. The molecule has 0 radical (unpaired) electrons. The third kappa shape index (κ3) is 8.15. The van der Waals surface area contributed by atoms with Crippen molar-refractivity contribution in [2.45, 2.75) is 6.54 Å². The molecule has 0 atom stereocenters. The van der Waals surface area contributed by atoms with Crippen LogP contribution in [0.2, 0.25) is 0 Å². The molecule has 42 heavy (non-hydrogen) atoms. The van der Waals surface area contributed by atoms with Gasteiger partial charge >= 0.3 is 0 Å². The highest BCUT2D eigenvalue weighted by Crippen LogP contribution is 2.23. The lowest BCUT2D eigenvalue weighted by Gasteiger charge is -2.06. The highest BCUT2D eigenvalue weighted by molar-refractivity contribution is 5.85. The van der Waals surface area contributed by atoms with Crippen LogP contribution >= 0.6 is 0 Å². The summed E-state index contributed by atoms with van der Waals surface area (Å²) in [6.45, 7) is 6.61. The Morgan fingerprint density at radius 1 is 0.619 bits per heavy atom. The maximum absolute atomic E-state index is 5.96. The van der Waals surface area contributed by atoms with Gasteiger partial charge in [-0.3, -0.25) is 0 Å². The molecule has 4 aromatic carbocycles. The zero-order valence-electron chi connectivity index (χ0n) is 23.7. The number of ether oxygens (including phenoxy) is 2. The van der Waals surface area contributed by atoms with Crippen LogP contribution in [0.5, 0.6) is 11.5 Å². The van der Waals surface area contributed by atoms with Crippen LogP contribution in [0.15, 0.2) is 152 Å². The average molecular weight is 553 g/mol. The molecule has 0 aliphatic carbocycles. The Hall–Kier alpha value is -5.22. The number of allylic oxidation sites excluding steroid dienone is 3. The molecule has 1 heterocycles. The third-order valence-corrected chi connectivity index (χ3v) is 6.88. The van der Waals surface area contributed by atoms with Gasteiger partial charge in [-0.05, 0) is 57.7 Å². The van der Waals surface area contributed by atoms with E-state index in [0.717, 1.165) is 29.2 Å². The summed E-state index contributed by atoms with van der Waals surface area (Å²) in [5.41, 5.74) is 6.92. The number of pyridine rings is 1. The second kappa shape index (κ2) is 15.0. The molecule has 0 fully saturated rings. The highest BCUT2D eigenvalue weighted by atomic mass is 16.5. The van der Waals surface area contributed by atoms with Gasteiger partial charge in [0, 0.05) is 18.2 Å². The maximum atomic E-state index is 5.96. The fourth-order valence-corrected chi connectivity index (χ4v) is 4.56. The molecule has 5 aromatic rings. The second-order valence-electron chi connectivity index (χ2n) is 9.75. The Morgan fingerprint density at radius 2 is 1.12 bits per heavy atom. The summed E-state index contributed by atoms with van der Waals surface area (Å²) in [6.07, 6.45) is 9.98. The number of benzene rings is 4. The lowest BCUT2D eigenvalue weighted by molar-refractivity contribution is -0.697. The minimum Gasteiger partial charge on any atom is -0.487 e. The highest BCUT2D eigenvalue weighted by Gasteiger charge is 2.05. The van der Waals surface area contributed by atoms with E-state index < -0.39 is 0 Å². The predicted molar refractivity (Wildman–Crippen MR) is 171 cm³/mol. The molecule has 0 aliphatic heterocycles. The van der Waals surface area contributed by atoms with E-state index in [1.165, 1.54) is 22.3 Å². The summed E-state index contributed by atoms with van der Waals surface area (Å²) in [5, 5.41) is 0. The van der Waals surface area contributed by atoms with E-state index in [1.54, 1.807) is 0 Å². The topological polar surface area (TPSA) is 36.3 Å². The van der Waals surface area contributed by atoms with Gasteiger partial charge in [0.1, 0.15) is 24.7 Å². The van der Waals surface area contributed by atoms with Gasteiger partial charge < -0.3 is 9.47 Å². The van der Waals surface area contributed by atoms with Crippen molar-refractivity contribution < 1.29 is 19.0 Å². The molecule has 208 valence electrons. The number of nitrogens with one attached hydrogen (secondary N) is 1. The summed E-state index contributed by atoms with van der Waals surface area (Å²) in [4.78, 5) is 3.30. The van der Waals surface area contributed by atoms with Crippen molar-refractivity contribution in [2.24, 2.45) is 0 Å². The Balaban J connectivity index is 1.04. The van der Waals surface area contributed by atoms with Crippen LogP contribution in [-0.2, 0) is 6.54 Å². The molecule has 5 rings (SSSR count). The monoisotopic (exact) mass is 552 g/mol. The normalized spacial score (nSPS) is 11.4. The van der Waals surface area contributed by atoms with Crippen molar-refractivity contribution in [3.8, 4) is 33.8 Å². The van der Waals surface area contributed by atoms with Crippen molar-refractivity contribution in [1.29, 1.82) is 0 Å². The molecule has 0 aliphatic rings. The summed E-state index contributed by atoms with van der Waals surface area (Å²) >= 11 is 0. The van der Waals surface area contributed by atoms with Crippen LogP contribution in [0.1, 0.15) is 5.56 Å². The molecule has 0 unspecified atom stereocenters. The molecule has 4 nitrogen and oxygen atoms in total. The van der Waals surface area contributed by atoms with E-state index in [-0.39, 0.29) is 0 Å². The van der Waals surface area contributed by atoms with Crippen LogP contribution < -0.4 is 19.0 Å². The molecule has 1 N–H and O–H groups in total. The summed E-state index contributed by atoms with van der Waals surface area (Å²) in [6, 6.07) is 41.3. The van der Waals surface area contributed by atoms with E-state index in [2.05, 4.69) is 101 Å². The van der Waals surface area contributed by atoms with Crippen molar-refractivity contribution in [2.75, 3.05) is 19.8 Å². The van der Waals surface area contributed by atoms with Gasteiger partial charge in [0.2, 0.25) is 0 Å². The van der Waals surface area contributed by atoms with Crippen LogP contribution in [0, 0.1) is 0 Å². The van der Waals surface area contributed by atoms with Crippen LogP contribution in [-0.4, -0.2) is 26.0 Å². The molecule has 1 aromatic heterocycles. The van der Waals surface area contributed by atoms with Crippen molar-refractivity contribution >= 4 is 11.8 Å². The molecule has 0 saturated heterocycles. The van der Waals surface area contributed by atoms with Crippen molar-refractivity contribution in [3.05, 3.63) is 158 Å². The van der Waals surface area contributed by atoms with E-state index in [4.69, 9.17) is 9.47 Å². The first kappa shape index (κ1) is 28.3. The van der Waals surface area contributed by atoms with Crippen LogP contribution in [0.3, 0.4) is 0 Å². The number of hydrogen-bond acceptors (Lipinski definition) is 2. The van der Waals surface area contributed by atoms with Gasteiger partial charge in [-0.2, -0.15) is 0 Å². The van der Waals surface area contributed by atoms with Crippen LogP contribution in [0.4, 0.5) is 0 Å². The fraction of sp³-hybridized carbons (Fsp3) is 0.105. The fourth-order valence-electron chi connectivity index (χ4n) is 4.56. The first-order chi connectivity index (χ1) is 20.8. The number of aromatic nitrogens is 1. The smallest absolute Gasteiger partial charge is 0.182 e. The lowest BCUT2D eigenvalue weighted by atomic mass is 10.1. The van der Waals surface area contributed by atoms with E-state index >= 15 is 0 Å². The second-order valence-corrected chi connectivity index (χ2v) is 9.75. The van der Waals surface area contributed by atoms with E-state index in [1.807, 2.05) is 66.9 Å². The molecule has 4 heteroatoms. The van der Waals surface area contributed by atoms with Crippen LogP contribution in [0.25, 0.3) is 27.8 Å².